The highest BCUT2D eigenvalue weighted by atomic mass is 79.9. The second-order valence-corrected chi connectivity index (χ2v) is 9.39. The Labute approximate surface area is 162 Å². The summed E-state index contributed by atoms with van der Waals surface area (Å²) in [6.07, 6.45) is 1.81. The normalized spacial score (nSPS) is 17.7. The predicted octanol–water partition coefficient (Wildman–Crippen LogP) is 3.65. The second-order valence-electron chi connectivity index (χ2n) is 6.67. The van der Waals surface area contributed by atoms with Crippen LogP contribution in [0.4, 0.5) is 5.69 Å². The van der Waals surface area contributed by atoms with Gasteiger partial charge in [-0.1, -0.05) is 34.1 Å². The molecule has 0 saturated heterocycles. The molecule has 1 heterocycles. The highest BCUT2D eigenvalue weighted by Gasteiger charge is 2.32. The van der Waals surface area contributed by atoms with Gasteiger partial charge >= 0.3 is 0 Å². The number of carbonyl (C=O) groups excluding carboxylic acids is 1. The molecule has 138 valence electrons. The fraction of sp³-hybridized carbons (Fsp3) is 0.316. The number of nitrogens with one attached hydrogen (secondary N) is 1. The van der Waals surface area contributed by atoms with E-state index in [9.17, 15) is 13.2 Å². The molecule has 2 atom stereocenters. The van der Waals surface area contributed by atoms with E-state index in [2.05, 4.69) is 21.2 Å². The van der Waals surface area contributed by atoms with Gasteiger partial charge in [-0.3, -0.25) is 9.10 Å². The van der Waals surface area contributed by atoms with Crippen LogP contribution in [0.1, 0.15) is 41.4 Å². The van der Waals surface area contributed by atoms with Crippen LogP contribution < -0.4 is 9.62 Å². The van der Waals surface area contributed by atoms with Crippen LogP contribution in [0.2, 0.25) is 0 Å². The molecule has 1 N–H and O–H groups in total. The largest absolute Gasteiger partial charge is 0.345 e. The fourth-order valence-electron chi connectivity index (χ4n) is 3.43. The lowest BCUT2D eigenvalue weighted by molar-refractivity contribution is 0.0939. The van der Waals surface area contributed by atoms with Crippen LogP contribution in [0.3, 0.4) is 0 Å². The standard InChI is InChI=1S/C19H21BrN2O3S/c1-12-10-15-11-14(8-9-18(15)22(12)26(3,24)25)19(23)21-13(2)16-6-4-5-7-17(16)20/h4-9,11-13H,10H2,1-3H3,(H,21,23)/t12-,13-/m1/s1. The summed E-state index contributed by atoms with van der Waals surface area (Å²) in [5.41, 5.74) is 3.07. The molecule has 0 aromatic heterocycles. The Morgan fingerprint density at radius 2 is 1.96 bits per heavy atom. The molecule has 2 aromatic carbocycles. The number of amides is 1. The van der Waals surface area contributed by atoms with E-state index in [1.165, 1.54) is 10.6 Å². The minimum Gasteiger partial charge on any atom is -0.345 e. The lowest BCUT2D eigenvalue weighted by atomic mass is 10.0. The van der Waals surface area contributed by atoms with Crippen LogP contribution in [-0.4, -0.2) is 26.6 Å². The van der Waals surface area contributed by atoms with E-state index in [0.717, 1.165) is 15.6 Å². The van der Waals surface area contributed by atoms with Crippen LogP contribution in [0.5, 0.6) is 0 Å². The minimum absolute atomic E-state index is 0.141. The Hall–Kier alpha value is -1.86. The topological polar surface area (TPSA) is 66.5 Å². The predicted molar refractivity (Wildman–Crippen MR) is 107 cm³/mol. The van der Waals surface area contributed by atoms with Crippen molar-refractivity contribution >= 4 is 37.5 Å². The van der Waals surface area contributed by atoms with E-state index in [-0.39, 0.29) is 18.0 Å². The van der Waals surface area contributed by atoms with Crippen molar-refractivity contribution in [3.63, 3.8) is 0 Å². The number of fused-ring (bicyclic) bond motifs is 1. The van der Waals surface area contributed by atoms with Gasteiger partial charge in [0.05, 0.1) is 18.0 Å². The minimum atomic E-state index is -3.33. The summed E-state index contributed by atoms with van der Waals surface area (Å²) < 4.78 is 26.4. The van der Waals surface area contributed by atoms with Crippen LogP contribution in [0, 0.1) is 0 Å². The Bertz CT molecular complexity index is 959. The van der Waals surface area contributed by atoms with Gasteiger partial charge in [-0.15, -0.1) is 0 Å². The molecule has 0 aliphatic carbocycles. The van der Waals surface area contributed by atoms with Crippen molar-refractivity contribution in [3.8, 4) is 0 Å². The Morgan fingerprint density at radius 3 is 2.62 bits per heavy atom. The summed E-state index contributed by atoms with van der Waals surface area (Å²) in [5, 5.41) is 3.00. The molecule has 1 aliphatic heterocycles. The first-order valence-corrected chi connectivity index (χ1v) is 11.0. The van der Waals surface area contributed by atoms with E-state index < -0.39 is 10.0 Å². The smallest absolute Gasteiger partial charge is 0.251 e. The van der Waals surface area contributed by atoms with Crippen LogP contribution >= 0.6 is 15.9 Å². The maximum atomic E-state index is 12.6. The molecule has 5 nitrogen and oxygen atoms in total. The number of hydrogen-bond acceptors (Lipinski definition) is 3. The van der Waals surface area contributed by atoms with E-state index in [1.54, 1.807) is 18.2 Å². The van der Waals surface area contributed by atoms with Crippen molar-refractivity contribution in [2.75, 3.05) is 10.6 Å². The number of anilines is 1. The molecule has 0 saturated carbocycles. The number of rotatable bonds is 4. The number of benzene rings is 2. The summed E-state index contributed by atoms with van der Waals surface area (Å²) in [7, 11) is -3.33. The third kappa shape index (κ3) is 3.64. The average molecular weight is 437 g/mol. The Kier molecular flexibility index (Phi) is 5.12. The molecule has 7 heteroatoms. The first-order valence-electron chi connectivity index (χ1n) is 8.36. The van der Waals surface area contributed by atoms with Crippen LogP contribution in [0.25, 0.3) is 0 Å². The third-order valence-electron chi connectivity index (χ3n) is 4.57. The first kappa shape index (κ1) is 18.9. The van der Waals surface area contributed by atoms with Gasteiger partial charge in [0.1, 0.15) is 0 Å². The first-order chi connectivity index (χ1) is 12.2. The molecule has 1 aliphatic rings. The van der Waals surface area contributed by atoms with Gasteiger partial charge < -0.3 is 5.32 Å². The van der Waals surface area contributed by atoms with Crippen molar-refractivity contribution in [1.82, 2.24) is 5.32 Å². The molecule has 0 radical (unpaired) electrons. The summed E-state index contributed by atoms with van der Waals surface area (Å²) in [6.45, 7) is 3.80. The van der Waals surface area contributed by atoms with Gasteiger partial charge in [-0.2, -0.15) is 0 Å². The lowest BCUT2D eigenvalue weighted by Crippen LogP contribution is -2.34. The number of sulfonamides is 1. The molecule has 3 rings (SSSR count). The van der Waals surface area contributed by atoms with Crippen molar-refractivity contribution in [3.05, 3.63) is 63.6 Å². The van der Waals surface area contributed by atoms with E-state index in [0.29, 0.717) is 17.7 Å². The van der Waals surface area contributed by atoms with Gasteiger partial charge in [0.15, 0.2) is 0 Å². The molecule has 0 bridgehead atoms. The summed E-state index contributed by atoms with van der Waals surface area (Å²) in [6, 6.07) is 12.7. The summed E-state index contributed by atoms with van der Waals surface area (Å²) in [5.74, 6) is -0.179. The van der Waals surface area contributed by atoms with Gasteiger partial charge in [0.25, 0.3) is 5.91 Å². The Morgan fingerprint density at radius 1 is 1.27 bits per heavy atom. The van der Waals surface area contributed by atoms with Gasteiger partial charge in [-0.25, -0.2) is 8.42 Å². The zero-order chi connectivity index (χ0) is 19.1. The molecule has 26 heavy (non-hydrogen) atoms. The molecule has 2 aromatic rings. The quantitative estimate of drug-likeness (QED) is 0.794. The zero-order valence-corrected chi connectivity index (χ0v) is 17.3. The van der Waals surface area contributed by atoms with Crippen LogP contribution in [0.15, 0.2) is 46.9 Å². The van der Waals surface area contributed by atoms with Gasteiger partial charge in [0.2, 0.25) is 10.0 Å². The third-order valence-corrected chi connectivity index (χ3v) is 6.56. The van der Waals surface area contributed by atoms with Crippen LogP contribution in [-0.2, 0) is 16.4 Å². The lowest BCUT2D eigenvalue weighted by Gasteiger charge is -2.22. The number of hydrogen-bond donors (Lipinski definition) is 1. The number of carbonyl (C=O) groups is 1. The molecular formula is C19H21BrN2O3S. The zero-order valence-electron chi connectivity index (χ0n) is 14.9. The fourth-order valence-corrected chi connectivity index (χ4v) is 5.33. The number of nitrogens with zero attached hydrogens (tertiary/aromatic N) is 1. The van der Waals surface area contributed by atoms with E-state index >= 15 is 0 Å². The Balaban J connectivity index is 1.82. The van der Waals surface area contributed by atoms with Crippen molar-refractivity contribution in [1.29, 1.82) is 0 Å². The number of halogens is 1. The average Bonchev–Trinajstić information content (AvgIpc) is 2.89. The van der Waals surface area contributed by atoms with Crippen molar-refractivity contribution in [2.45, 2.75) is 32.4 Å². The highest BCUT2D eigenvalue weighted by Crippen LogP contribution is 2.34. The molecular weight excluding hydrogens is 416 g/mol. The van der Waals surface area contributed by atoms with Gasteiger partial charge in [-0.05, 0) is 55.7 Å². The highest BCUT2D eigenvalue weighted by molar-refractivity contribution is 9.10. The molecule has 0 spiro atoms. The molecule has 0 fully saturated rings. The maximum Gasteiger partial charge on any atom is 0.251 e. The molecule has 1 amide bonds. The summed E-state index contributed by atoms with van der Waals surface area (Å²) >= 11 is 3.50. The van der Waals surface area contributed by atoms with Gasteiger partial charge in [0, 0.05) is 16.1 Å². The van der Waals surface area contributed by atoms with E-state index in [4.69, 9.17) is 0 Å². The maximum absolute atomic E-state index is 12.6. The SMILES string of the molecule is C[C@@H]1Cc2cc(C(=O)N[C@H](C)c3ccccc3Br)ccc2N1S(C)(=O)=O. The summed E-state index contributed by atoms with van der Waals surface area (Å²) in [4.78, 5) is 12.6. The molecule has 0 unspecified atom stereocenters. The van der Waals surface area contributed by atoms with Crippen molar-refractivity contribution in [2.24, 2.45) is 0 Å². The monoisotopic (exact) mass is 436 g/mol. The van der Waals surface area contributed by atoms with Crippen molar-refractivity contribution < 1.29 is 13.2 Å². The van der Waals surface area contributed by atoms with E-state index in [1.807, 2.05) is 38.1 Å². The second kappa shape index (κ2) is 7.04.